The molecule has 0 bridgehead atoms. The van der Waals surface area contributed by atoms with E-state index in [0.717, 1.165) is 25.0 Å². The van der Waals surface area contributed by atoms with Gasteiger partial charge in [0.05, 0.1) is 11.1 Å². The number of hydrogen-bond donors (Lipinski definition) is 4. The van der Waals surface area contributed by atoms with Gasteiger partial charge in [-0.3, -0.25) is 4.72 Å². The third-order valence-corrected chi connectivity index (χ3v) is 5.23. The zero-order valence-corrected chi connectivity index (χ0v) is 16.8. The number of benzene rings is 1. The maximum Gasteiger partial charge on any atom is 0.416 e. The molecule has 0 saturated heterocycles. The van der Waals surface area contributed by atoms with Crippen LogP contribution in [0.15, 0.2) is 35.4 Å². The summed E-state index contributed by atoms with van der Waals surface area (Å²) in [6, 6.07) is 3.20. The molecule has 0 fully saturated rings. The fraction of sp³-hybridized carbons (Fsp3) is 0.421. The van der Waals surface area contributed by atoms with E-state index >= 15 is 0 Å². The Balaban J connectivity index is 2.61. The lowest BCUT2D eigenvalue weighted by Gasteiger charge is -2.30. The number of rotatable bonds is 5. The molecule has 27 heavy (non-hydrogen) atoms. The van der Waals surface area contributed by atoms with Crippen LogP contribution in [0.2, 0.25) is 0 Å². The van der Waals surface area contributed by atoms with Crippen molar-refractivity contribution in [2.75, 3.05) is 0 Å². The lowest BCUT2D eigenvalue weighted by molar-refractivity contribution is -0.137. The van der Waals surface area contributed by atoms with Gasteiger partial charge in [0.1, 0.15) is 0 Å². The van der Waals surface area contributed by atoms with Crippen molar-refractivity contribution in [2.24, 2.45) is 5.41 Å². The number of hydrogen-bond acceptors (Lipinski definition) is 4. The Morgan fingerprint density at radius 3 is 2.52 bits per heavy atom. The second-order valence-electron chi connectivity index (χ2n) is 7.34. The minimum atomic E-state index is -4.49. The first-order chi connectivity index (χ1) is 12.5. The third-order valence-electron chi connectivity index (χ3n) is 4.61. The molecule has 0 radical (unpaired) electrons. The van der Waals surface area contributed by atoms with Gasteiger partial charge in [-0.25, -0.2) is 4.79 Å². The molecule has 0 amide bonds. The fourth-order valence-electron chi connectivity index (χ4n) is 3.26. The SMILES string of the molecule is CC1(C)CCC=C(/C(C(=O)O)=C(\S)c2ccc(C(F)(F)F)cc2CNS)C1. The minimum absolute atomic E-state index is 0.0316. The van der Waals surface area contributed by atoms with Gasteiger partial charge in [0.2, 0.25) is 0 Å². The summed E-state index contributed by atoms with van der Waals surface area (Å²) in [5.41, 5.74) is 0.462. The molecule has 8 heteroatoms. The Morgan fingerprint density at radius 2 is 2.00 bits per heavy atom. The summed E-state index contributed by atoms with van der Waals surface area (Å²) in [5.74, 6) is -1.14. The summed E-state index contributed by atoms with van der Waals surface area (Å²) >= 11 is 8.29. The van der Waals surface area contributed by atoms with E-state index in [1.165, 1.54) is 6.07 Å². The molecule has 2 N–H and O–H groups in total. The molecule has 0 saturated carbocycles. The Hall–Kier alpha value is -1.38. The number of allylic oxidation sites excluding steroid dienone is 1. The van der Waals surface area contributed by atoms with Crippen molar-refractivity contribution in [3.05, 3.63) is 52.1 Å². The van der Waals surface area contributed by atoms with E-state index < -0.39 is 17.7 Å². The number of carbonyl (C=O) groups is 1. The second-order valence-corrected chi connectivity index (χ2v) is 8.11. The first kappa shape index (κ1) is 21.9. The number of halogens is 3. The zero-order valence-electron chi connectivity index (χ0n) is 15.0. The first-order valence-corrected chi connectivity index (χ1v) is 9.29. The van der Waals surface area contributed by atoms with Crippen LogP contribution in [0.3, 0.4) is 0 Å². The van der Waals surface area contributed by atoms with Crippen LogP contribution in [0.1, 0.15) is 49.8 Å². The predicted molar refractivity (Wildman–Crippen MR) is 107 cm³/mol. The van der Waals surface area contributed by atoms with Crippen LogP contribution in [-0.4, -0.2) is 11.1 Å². The maximum absolute atomic E-state index is 13.0. The molecule has 0 atom stereocenters. The Labute approximate surface area is 167 Å². The van der Waals surface area contributed by atoms with Crippen LogP contribution in [0.25, 0.3) is 4.91 Å². The van der Waals surface area contributed by atoms with Gasteiger partial charge >= 0.3 is 12.1 Å². The molecule has 2 rings (SSSR count). The van der Waals surface area contributed by atoms with Gasteiger partial charge in [0, 0.05) is 11.4 Å². The summed E-state index contributed by atoms with van der Waals surface area (Å²) in [5, 5.41) is 9.77. The molecular weight excluding hydrogens is 395 g/mol. The third kappa shape index (κ3) is 5.33. The topological polar surface area (TPSA) is 49.3 Å². The lowest BCUT2D eigenvalue weighted by Crippen LogP contribution is -2.19. The molecule has 1 aromatic rings. The van der Waals surface area contributed by atoms with Crippen molar-refractivity contribution in [1.29, 1.82) is 0 Å². The van der Waals surface area contributed by atoms with Gasteiger partial charge in [-0.15, -0.1) is 12.6 Å². The Kier molecular flexibility index (Phi) is 6.76. The molecule has 3 nitrogen and oxygen atoms in total. The van der Waals surface area contributed by atoms with Gasteiger partial charge in [0.25, 0.3) is 0 Å². The van der Waals surface area contributed by atoms with Crippen LogP contribution in [-0.2, 0) is 17.5 Å². The van der Waals surface area contributed by atoms with Crippen molar-refractivity contribution in [1.82, 2.24) is 4.72 Å². The Morgan fingerprint density at radius 1 is 1.33 bits per heavy atom. The molecule has 0 spiro atoms. The highest BCUT2D eigenvalue weighted by Gasteiger charge is 2.32. The normalized spacial score (nSPS) is 18.0. The predicted octanol–water partition coefficient (Wildman–Crippen LogP) is 5.50. The molecule has 1 aliphatic carbocycles. The van der Waals surface area contributed by atoms with Gasteiger partial charge in [-0.2, -0.15) is 13.2 Å². The lowest BCUT2D eigenvalue weighted by atomic mass is 9.75. The Bertz CT molecular complexity index is 799. The van der Waals surface area contributed by atoms with Crippen LogP contribution in [0.5, 0.6) is 0 Å². The molecule has 1 aliphatic rings. The van der Waals surface area contributed by atoms with Gasteiger partial charge in [-0.05, 0) is 53.5 Å². The molecule has 148 valence electrons. The van der Waals surface area contributed by atoms with Crippen molar-refractivity contribution >= 4 is 36.3 Å². The minimum Gasteiger partial charge on any atom is -0.478 e. The molecule has 0 aromatic heterocycles. The second kappa shape index (κ2) is 8.32. The molecule has 0 heterocycles. The standard InChI is InChI=1S/C19H22F3NO2S2/c1-18(2)7-3-4-11(9-18)15(17(24)25)16(26)14-6-5-13(19(20,21)22)8-12(14)10-23-27/h4-6,8,23,26-27H,3,7,9-10H2,1-2H3,(H,24,25)/b16-15+. The number of thiol groups is 2. The van der Waals surface area contributed by atoms with Crippen LogP contribution in [0.4, 0.5) is 13.2 Å². The molecular formula is C19H22F3NO2S2. The van der Waals surface area contributed by atoms with E-state index in [1.807, 2.05) is 6.08 Å². The zero-order chi connectivity index (χ0) is 20.4. The van der Waals surface area contributed by atoms with E-state index in [-0.39, 0.29) is 28.0 Å². The summed E-state index contributed by atoms with van der Waals surface area (Å²) in [6.07, 6.45) is -0.348. The highest BCUT2D eigenvalue weighted by atomic mass is 32.1. The van der Waals surface area contributed by atoms with Crippen LogP contribution < -0.4 is 4.72 Å². The largest absolute Gasteiger partial charge is 0.478 e. The number of nitrogens with one attached hydrogen (secondary N) is 1. The molecule has 1 aromatic carbocycles. The van der Waals surface area contributed by atoms with E-state index in [0.29, 0.717) is 17.6 Å². The first-order valence-electron chi connectivity index (χ1n) is 8.39. The monoisotopic (exact) mass is 417 g/mol. The van der Waals surface area contributed by atoms with E-state index in [1.54, 1.807) is 0 Å². The highest BCUT2D eigenvalue weighted by molar-refractivity contribution is 7.90. The van der Waals surface area contributed by atoms with Gasteiger partial charge in [-0.1, -0.05) is 38.8 Å². The quantitative estimate of drug-likeness (QED) is 0.378. The number of aliphatic carboxylic acids is 1. The van der Waals surface area contributed by atoms with Crippen molar-refractivity contribution < 1.29 is 23.1 Å². The van der Waals surface area contributed by atoms with Crippen molar-refractivity contribution in [2.45, 2.75) is 45.8 Å². The van der Waals surface area contributed by atoms with E-state index in [4.69, 9.17) is 0 Å². The van der Waals surface area contributed by atoms with Crippen LogP contribution in [0, 0.1) is 5.41 Å². The summed E-state index contributed by atoms with van der Waals surface area (Å²) in [6.45, 7) is 4.15. The van der Waals surface area contributed by atoms with E-state index in [2.05, 4.69) is 44.0 Å². The number of alkyl halides is 3. The van der Waals surface area contributed by atoms with Crippen molar-refractivity contribution in [3.8, 4) is 0 Å². The average molecular weight is 418 g/mol. The molecule has 0 aliphatic heterocycles. The summed E-state index contributed by atoms with van der Waals surface area (Å²) in [7, 11) is 0. The number of carboxylic acids is 1. The fourth-order valence-corrected chi connectivity index (χ4v) is 3.89. The van der Waals surface area contributed by atoms with E-state index in [9.17, 15) is 23.1 Å². The van der Waals surface area contributed by atoms with Gasteiger partial charge in [0.15, 0.2) is 0 Å². The summed E-state index contributed by atoms with van der Waals surface area (Å²) in [4.78, 5) is 12.1. The van der Waals surface area contributed by atoms with Crippen LogP contribution >= 0.6 is 25.4 Å². The summed E-state index contributed by atoms with van der Waals surface area (Å²) < 4.78 is 41.6. The highest BCUT2D eigenvalue weighted by Crippen LogP contribution is 2.41. The van der Waals surface area contributed by atoms with Gasteiger partial charge < -0.3 is 5.11 Å². The van der Waals surface area contributed by atoms with Crippen molar-refractivity contribution in [3.63, 3.8) is 0 Å². The smallest absolute Gasteiger partial charge is 0.416 e. The number of carboxylic acid groups (broad SMARTS) is 1. The average Bonchev–Trinajstić information content (AvgIpc) is 2.53. The molecule has 0 unspecified atom stereocenters. The maximum atomic E-state index is 13.0.